The third kappa shape index (κ3) is 5.11. The van der Waals surface area contributed by atoms with Crippen molar-refractivity contribution in [2.24, 2.45) is 0 Å². The number of anilines is 1. The summed E-state index contributed by atoms with van der Waals surface area (Å²) in [6.07, 6.45) is -0.817. The normalized spacial score (nSPS) is 23.6. The lowest BCUT2D eigenvalue weighted by molar-refractivity contribution is -0.160. The van der Waals surface area contributed by atoms with Crippen LogP contribution >= 0.6 is 11.8 Å². The Morgan fingerprint density at radius 2 is 2.07 bits per heavy atom. The second-order valence-electron chi connectivity index (χ2n) is 7.11. The number of rotatable bonds is 6. The second-order valence-corrected chi connectivity index (χ2v) is 10.6. The van der Waals surface area contributed by atoms with Crippen molar-refractivity contribution < 1.29 is 27.5 Å². The third-order valence-electron chi connectivity index (χ3n) is 4.99. The van der Waals surface area contributed by atoms with Crippen LogP contribution in [0.3, 0.4) is 0 Å². The zero-order valence-corrected chi connectivity index (χ0v) is 17.9. The van der Waals surface area contributed by atoms with Gasteiger partial charge in [-0.15, -0.1) is 11.8 Å². The molecule has 0 aliphatic carbocycles. The Morgan fingerprint density at radius 3 is 2.72 bits per heavy atom. The summed E-state index contributed by atoms with van der Waals surface area (Å²) < 4.78 is 28.7. The van der Waals surface area contributed by atoms with E-state index in [-0.39, 0.29) is 23.8 Å². The highest BCUT2D eigenvalue weighted by atomic mass is 32.2. The number of para-hydroxylation sites is 1. The molecular weight excluding hydrogens is 416 g/mol. The summed E-state index contributed by atoms with van der Waals surface area (Å²) in [5.41, 5.74) is 0.709. The zero-order chi connectivity index (χ0) is 21.2. The Kier molecular flexibility index (Phi) is 6.52. The largest absolute Gasteiger partial charge is 0.452 e. The van der Waals surface area contributed by atoms with E-state index in [1.807, 2.05) is 18.2 Å². The fourth-order valence-electron chi connectivity index (χ4n) is 3.52. The number of esters is 1. The molecule has 0 saturated carbocycles. The lowest BCUT2D eigenvalue weighted by Gasteiger charge is -2.29. The van der Waals surface area contributed by atoms with Crippen LogP contribution in [-0.4, -0.2) is 66.5 Å². The molecule has 0 spiro atoms. The minimum Gasteiger partial charge on any atom is -0.452 e. The van der Waals surface area contributed by atoms with E-state index >= 15 is 0 Å². The fourth-order valence-corrected chi connectivity index (χ4v) is 6.35. The highest BCUT2D eigenvalue weighted by molar-refractivity contribution is 8.01. The van der Waals surface area contributed by atoms with Crippen LogP contribution in [0.4, 0.5) is 5.69 Å². The number of thioether (sulfide) groups is 1. The summed E-state index contributed by atoms with van der Waals surface area (Å²) in [5.74, 6) is -1.35. The Balaban J connectivity index is 1.57. The summed E-state index contributed by atoms with van der Waals surface area (Å²) in [4.78, 5) is 39.6. The van der Waals surface area contributed by atoms with E-state index in [0.717, 1.165) is 4.90 Å². The van der Waals surface area contributed by atoms with Gasteiger partial charge in [-0.1, -0.05) is 12.1 Å². The zero-order valence-electron chi connectivity index (χ0n) is 16.3. The van der Waals surface area contributed by atoms with Gasteiger partial charge in [0.1, 0.15) is 0 Å². The van der Waals surface area contributed by atoms with Crippen LogP contribution in [0.5, 0.6) is 0 Å². The van der Waals surface area contributed by atoms with E-state index in [9.17, 15) is 22.8 Å². The number of fused-ring (bicyclic) bond motifs is 1. The van der Waals surface area contributed by atoms with Crippen LogP contribution in [0.25, 0.3) is 0 Å². The standard InChI is InChI=1S/C19H24N2O6S2/c1-3-21(13-8-9-29(25,26)11-13)19(24)12(2)27-17(22)10-16-18(23)20-14-6-4-5-7-15(14)28-16/h4-7,12-13,16H,3,8-11H2,1-2H3,(H,20,23)/t12-,13-,16+/m0/s1. The number of carbonyl (C=O) groups excluding carboxylic acids is 3. The summed E-state index contributed by atoms with van der Waals surface area (Å²) in [7, 11) is -3.13. The summed E-state index contributed by atoms with van der Waals surface area (Å²) in [6, 6.07) is 6.92. The molecule has 1 N–H and O–H groups in total. The van der Waals surface area contributed by atoms with Crippen LogP contribution < -0.4 is 5.32 Å². The average molecular weight is 441 g/mol. The molecule has 2 aliphatic rings. The molecule has 2 heterocycles. The van der Waals surface area contributed by atoms with Gasteiger partial charge in [0.05, 0.1) is 28.9 Å². The van der Waals surface area contributed by atoms with E-state index in [1.54, 1.807) is 13.0 Å². The lowest BCUT2D eigenvalue weighted by Crippen LogP contribution is -2.46. The number of ether oxygens (including phenoxy) is 1. The second kappa shape index (κ2) is 8.74. The van der Waals surface area contributed by atoms with Crippen LogP contribution in [0, 0.1) is 0 Å². The Morgan fingerprint density at radius 1 is 1.34 bits per heavy atom. The van der Waals surface area contributed by atoms with Crippen LogP contribution in [0.1, 0.15) is 26.7 Å². The van der Waals surface area contributed by atoms with Gasteiger partial charge in [0.25, 0.3) is 5.91 Å². The molecule has 158 valence electrons. The molecule has 29 heavy (non-hydrogen) atoms. The van der Waals surface area contributed by atoms with Crippen LogP contribution in [-0.2, 0) is 29.0 Å². The fraction of sp³-hybridized carbons (Fsp3) is 0.526. The first-order chi connectivity index (χ1) is 13.7. The van der Waals surface area contributed by atoms with Crippen molar-refractivity contribution in [3.8, 4) is 0 Å². The predicted molar refractivity (Wildman–Crippen MR) is 109 cm³/mol. The van der Waals surface area contributed by atoms with Crippen molar-refractivity contribution in [1.82, 2.24) is 4.90 Å². The molecule has 0 radical (unpaired) electrons. The lowest BCUT2D eigenvalue weighted by atomic mass is 10.2. The van der Waals surface area contributed by atoms with Crippen molar-refractivity contribution >= 4 is 45.1 Å². The molecule has 1 aromatic rings. The van der Waals surface area contributed by atoms with E-state index in [1.165, 1.54) is 23.6 Å². The van der Waals surface area contributed by atoms with Crippen LogP contribution in [0.15, 0.2) is 29.2 Å². The minimum atomic E-state index is -3.13. The van der Waals surface area contributed by atoms with Crippen LogP contribution in [0.2, 0.25) is 0 Å². The van der Waals surface area contributed by atoms with Gasteiger partial charge in [-0.25, -0.2) is 8.42 Å². The number of nitrogens with one attached hydrogen (secondary N) is 1. The van der Waals surface area contributed by atoms with Gasteiger partial charge in [0, 0.05) is 17.5 Å². The number of carbonyl (C=O) groups is 3. The Hall–Kier alpha value is -2.07. The maximum Gasteiger partial charge on any atom is 0.308 e. The Labute approximate surface area is 174 Å². The number of amides is 2. The summed E-state index contributed by atoms with van der Waals surface area (Å²) in [5, 5.41) is 2.13. The van der Waals surface area contributed by atoms with Gasteiger partial charge in [-0.3, -0.25) is 14.4 Å². The van der Waals surface area contributed by atoms with Gasteiger partial charge < -0.3 is 15.0 Å². The van der Waals surface area contributed by atoms with Gasteiger partial charge in [0.15, 0.2) is 15.9 Å². The minimum absolute atomic E-state index is 0.0606. The molecule has 2 amide bonds. The summed E-state index contributed by atoms with van der Waals surface area (Å²) >= 11 is 1.28. The Bertz CT molecular complexity index is 917. The molecule has 0 aromatic heterocycles. The van der Waals surface area contributed by atoms with E-state index < -0.39 is 39.1 Å². The smallest absolute Gasteiger partial charge is 0.308 e. The maximum atomic E-state index is 12.7. The van der Waals surface area contributed by atoms with E-state index in [2.05, 4.69) is 5.32 Å². The molecule has 10 heteroatoms. The van der Waals surface area contributed by atoms with E-state index in [4.69, 9.17) is 4.74 Å². The molecule has 3 atom stereocenters. The quantitative estimate of drug-likeness (QED) is 0.667. The number of hydrogen-bond acceptors (Lipinski definition) is 7. The molecule has 0 unspecified atom stereocenters. The van der Waals surface area contributed by atoms with Gasteiger partial charge in [-0.2, -0.15) is 0 Å². The number of sulfone groups is 1. The monoisotopic (exact) mass is 440 g/mol. The molecular formula is C19H24N2O6S2. The molecule has 1 aromatic carbocycles. The van der Waals surface area contributed by atoms with Crippen molar-refractivity contribution in [3.63, 3.8) is 0 Å². The maximum absolute atomic E-state index is 12.7. The molecule has 1 saturated heterocycles. The van der Waals surface area contributed by atoms with Gasteiger partial charge >= 0.3 is 5.97 Å². The SMILES string of the molecule is CCN(C(=O)[C@H](C)OC(=O)C[C@H]1Sc2ccccc2NC1=O)[C@H]1CCS(=O)(=O)C1. The number of benzene rings is 1. The number of nitrogens with zero attached hydrogens (tertiary/aromatic N) is 1. The van der Waals surface area contributed by atoms with Crippen molar-refractivity contribution in [3.05, 3.63) is 24.3 Å². The number of likely N-dealkylation sites (N-methyl/N-ethyl adjacent to an activating group) is 1. The molecule has 8 nitrogen and oxygen atoms in total. The first kappa shape index (κ1) is 21.6. The third-order valence-corrected chi connectivity index (χ3v) is 8.01. The molecule has 1 fully saturated rings. The van der Waals surface area contributed by atoms with Crippen molar-refractivity contribution in [2.45, 2.75) is 49.0 Å². The van der Waals surface area contributed by atoms with Crippen molar-refractivity contribution in [2.75, 3.05) is 23.4 Å². The predicted octanol–water partition coefficient (Wildman–Crippen LogP) is 1.46. The first-order valence-corrected chi connectivity index (χ1v) is 12.2. The van der Waals surface area contributed by atoms with Crippen molar-refractivity contribution in [1.29, 1.82) is 0 Å². The number of hydrogen-bond donors (Lipinski definition) is 1. The topological polar surface area (TPSA) is 110 Å². The van der Waals surface area contributed by atoms with Gasteiger partial charge in [-0.05, 0) is 32.4 Å². The first-order valence-electron chi connectivity index (χ1n) is 9.47. The highest BCUT2D eigenvalue weighted by Gasteiger charge is 2.37. The molecule has 0 bridgehead atoms. The molecule has 3 rings (SSSR count). The summed E-state index contributed by atoms with van der Waals surface area (Å²) in [6.45, 7) is 3.56. The average Bonchev–Trinajstić information content (AvgIpc) is 3.02. The highest BCUT2D eigenvalue weighted by Crippen LogP contribution is 2.36. The molecule has 2 aliphatic heterocycles. The van der Waals surface area contributed by atoms with E-state index in [0.29, 0.717) is 18.7 Å². The van der Waals surface area contributed by atoms with Gasteiger partial charge in [0.2, 0.25) is 5.91 Å².